The molecule has 4 rings (SSSR count). The molecular formula is C27H35FN2O3S. The third-order valence-electron chi connectivity index (χ3n) is 7.25. The van der Waals surface area contributed by atoms with E-state index in [1.807, 2.05) is 19.1 Å². The van der Waals surface area contributed by atoms with Crippen molar-refractivity contribution in [3.63, 3.8) is 0 Å². The Morgan fingerprint density at radius 3 is 2.38 bits per heavy atom. The van der Waals surface area contributed by atoms with E-state index in [1.165, 1.54) is 11.6 Å². The number of hydrogen-bond donors (Lipinski definition) is 0. The number of halogens is 1. The first kappa shape index (κ1) is 24.9. The van der Waals surface area contributed by atoms with E-state index >= 15 is 0 Å². The van der Waals surface area contributed by atoms with Gasteiger partial charge in [-0.25, -0.2) is 12.8 Å². The van der Waals surface area contributed by atoms with Crippen LogP contribution in [0.3, 0.4) is 0 Å². The first-order valence-electron chi connectivity index (χ1n) is 12.1. The fourth-order valence-corrected chi connectivity index (χ4v) is 6.80. The minimum absolute atomic E-state index is 0.148. The molecule has 5 nitrogen and oxygen atoms in total. The van der Waals surface area contributed by atoms with Gasteiger partial charge in [0.25, 0.3) is 10.0 Å². The first-order valence-corrected chi connectivity index (χ1v) is 13.6. The van der Waals surface area contributed by atoms with Crippen LogP contribution >= 0.6 is 0 Å². The summed E-state index contributed by atoms with van der Waals surface area (Å²) in [5, 5.41) is -0.790. The molecule has 0 radical (unpaired) electrons. The van der Waals surface area contributed by atoms with Gasteiger partial charge >= 0.3 is 0 Å². The summed E-state index contributed by atoms with van der Waals surface area (Å²) in [4.78, 5) is 2.35. The van der Waals surface area contributed by atoms with Gasteiger partial charge in [0.15, 0.2) is 0 Å². The third kappa shape index (κ3) is 5.52. The number of piperidine rings is 1. The van der Waals surface area contributed by atoms with E-state index in [0.717, 1.165) is 31.5 Å². The Morgan fingerprint density at radius 2 is 1.76 bits per heavy atom. The average molecular weight is 487 g/mol. The van der Waals surface area contributed by atoms with Crippen molar-refractivity contribution in [2.45, 2.75) is 69.1 Å². The van der Waals surface area contributed by atoms with E-state index in [0.29, 0.717) is 17.9 Å². The van der Waals surface area contributed by atoms with Gasteiger partial charge in [0, 0.05) is 6.42 Å². The minimum atomic E-state index is -3.79. The van der Waals surface area contributed by atoms with E-state index in [2.05, 4.69) is 28.5 Å². The summed E-state index contributed by atoms with van der Waals surface area (Å²) in [7, 11) is -1.63. The summed E-state index contributed by atoms with van der Waals surface area (Å²) < 4.78 is 50.7. The molecule has 0 spiro atoms. The van der Waals surface area contributed by atoms with Crippen LogP contribution in [-0.2, 0) is 21.2 Å². The van der Waals surface area contributed by atoms with Crippen LogP contribution in [0.5, 0.6) is 0 Å². The van der Waals surface area contributed by atoms with E-state index in [9.17, 15) is 12.8 Å². The van der Waals surface area contributed by atoms with E-state index < -0.39 is 20.9 Å². The predicted molar refractivity (Wildman–Crippen MR) is 134 cm³/mol. The molecule has 2 aromatic carbocycles. The molecule has 7 heteroatoms. The van der Waals surface area contributed by atoms with Gasteiger partial charge in [-0.2, -0.15) is 0 Å². The van der Waals surface area contributed by atoms with Gasteiger partial charge in [-0.3, -0.25) is 0 Å². The zero-order valence-electron chi connectivity index (χ0n) is 20.5. The van der Waals surface area contributed by atoms with Crippen LogP contribution in [0.2, 0.25) is 0 Å². The normalized spacial score (nSPS) is 23.7. The SMILES string of the molecule is C[C@H](CC1=NS(=O)(=O)[C@H](Cc2ccc(C3CCN(C)CC3)cc2)C(C)(C)O1)c1ccccc1F. The molecule has 184 valence electrons. The van der Waals surface area contributed by atoms with E-state index in [1.54, 1.807) is 32.0 Å². The predicted octanol–water partition coefficient (Wildman–Crippen LogP) is 5.28. The molecular weight excluding hydrogens is 451 g/mol. The lowest BCUT2D eigenvalue weighted by molar-refractivity contribution is 0.0803. The number of likely N-dealkylation sites (tertiary alicyclic amines) is 1. The average Bonchev–Trinajstić information content (AvgIpc) is 2.77. The van der Waals surface area contributed by atoms with E-state index in [-0.39, 0.29) is 24.1 Å². The number of rotatable bonds is 6. The highest BCUT2D eigenvalue weighted by molar-refractivity contribution is 7.91. The molecule has 0 aliphatic carbocycles. The maximum absolute atomic E-state index is 14.2. The monoisotopic (exact) mass is 486 g/mol. The molecule has 0 aromatic heterocycles. The highest BCUT2D eigenvalue weighted by atomic mass is 32.2. The number of sulfonamides is 1. The molecule has 0 N–H and O–H groups in total. The van der Waals surface area contributed by atoms with Gasteiger partial charge in [0.1, 0.15) is 16.7 Å². The fraction of sp³-hybridized carbons (Fsp3) is 0.519. The quantitative estimate of drug-likeness (QED) is 0.558. The molecule has 0 unspecified atom stereocenters. The molecule has 2 aliphatic heterocycles. The van der Waals surface area contributed by atoms with E-state index in [4.69, 9.17) is 4.74 Å². The number of hydrogen-bond acceptors (Lipinski definition) is 4. The zero-order valence-corrected chi connectivity index (χ0v) is 21.3. The van der Waals surface area contributed by atoms with Crippen LogP contribution in [-0.4, -0.2) is 50.2 Å². The highest BCUT2D eigenvalue weighted by Gasteiger charge is 2.46. The molecule has 34 heavy (non-hydrogen) atoms. The Morgan fingerprint density at radius 1 is 1.12 bits per heavy atom. The van der Waals surface area contributed by atoms with Crippen molar-refractivity contribution in [2.75, 3.05) is 20.1 Å². The van der Waals surface area contributed by atoms with Crippen LogP contribution in [0.4, 0.5) is 4.39 Å². The molecule has 2 aliphatic rings. The fourth-order valence-electron chi connectivity index (χ4n) is 5.11. The maximum Gasteiger partial charge on any atom is 0.263 e. The largest absolute Gasteiger partial charge is 0.473 e. The van der Waals surface area contributed by atoms with Gasteiger partial charge in [0.2, 0.25) is 5.90 Å². The van der Waals surface area contributed by atoms with Crippen LogP contribution in [0.25, 0.3) is 0 Å². The van der Waals surface area contributed by atoms with Gasteiger partial charge in [0.05, 0.1) is 0 Å². The lowest BCUT2D eigenvalue weighted by atomic mass is 9.88. The van der Waals surface area contributed by atoms with Gasteiger partial charge in [-0.05, 0) is 87.8 Å². The Labute approximate surface area is 203 Å². The Kier molecular flexibility index (Phi) is 7.15. The van der Waals surface area contributed by atoms with Crippen molar-refractivity contribution < 1.29 is 17.5 Å². The third-order valence-corrected chi connectivity index (χ3v) is 9.16. The molecule has 2 aromatic rings. The Bertz CT molecular complexity index is 1140. The summed E-state index contributed by atoms with van der Waals surface area (Å²) in [5.74, 6) is 0.145. The molecule has 2 heterocycles. The van der Waals surface area contributed by atoms with Crippen LogP contribution < -0.4 is 0 Å². The number of ether oxygens (including phenoxy) is 1. The Hall–Kier alpha value is -2.25. The smallest absolute Gasteiger partial charge is 0.263 e. The number of benzene rings is 2. The van der Waals surface area contributed by atoms with Gasteiger partial charge in [-0.1, -0.05) is 49.4 Å². The maximum atomic E-state index is 14.2. The summed E-state index contributed by atoms with van der Waals surface area (Å²) in [6, 6.07) is 14.9. The van der Waals surface area contributed by atoms with Crippen molar-refractivity contribution in [3.05, 3.63) is 71.0 Å². The van der Waals surface area contributed by atoms with Crippen molar-refractivity contribution in [2.24, 2.45) is 4.40 Å². The molecule has 0 bridgehead atoms. The second-order valence-corrected chi connectivity index (χ2v) is 12.1. The van der Waals surface area contributed by atoms with Crippen molar-refractivity contribution in [3.8, 4) is 0 Å². The first-order chi connectivity index (χ1) is 16.0. The lowest BCUT2D eigenvalue weighted by Crippen LogP contribution is -2.50. The molecule has 0 amide bonds. The minimum Gasteiger partial charge on any atom is -0.473 e. The highest BCUT2D eigenvalue weighted by Crippen LogP contribution is 2.34. The second-order valence-electron chi connectivity index (χ2n) is 10.3. The summed E-state index contributed by atoms with van der Waals surface area (Å²) in [6.07, 6.45) is 2.86. The summed E-state index contributed by atoms with van der Waals surface area (Å²) >= 11 is 0. The van der Waals surface area contributed by atoms with Crippen LogP contribution in [0.1, 0.15) is 68.6 Å². The molecule has 0 saturated carbocycles. The van der Waals surface area contributed by atoms with Gasteiger partial charge < -0.3 is 9.64 Å². The molecule has 1 saturated heterocycles. The van der Waals surface area contributed by atoms with Crippen LogP contribution in [0.15, 0.2) is 52.9 Å². The van der Waals surface area contributed by atoms with Crippen molar-refractivity contribution in [1.29, 1.82) is 0 Å². The number of nitrogens with zero attached hydrogens (tertiary/aromatic N) is 2. The standard InChI is InChI=1S/C27H35FN2O3S/c1-19(23-7-5-6-8-24(23)28)17-26-29-34(31,32)25(27(2,3)33-26)18-20-9-11-21(12-10-20)22-13-15-30(4)16-14-22/h5-12,19,22,25H,13-18H2,1-4H3/t19-,25-/m1/s1. The molecule has 1 fully saturated rings. The van der Waals surface area contributed by atoms with Crippen LogP contribution in [0, 0.1) is 5.82 Å². The second kappa shape index (κ2) is 9.78. The van der Waals surface area contributed by atoms with Gasteiger partial charge in [-0.15, -0.1) is 4.40 Å². The molecule has 2 atom stereocenters. The summed E-state index contributed by atoms with van der Waals surface area (Å²) in [6.45, 7) is 7.65. The van der Waals surface area contributed by atoms with Crippen molar-refractivity contribution in [1.82, 2.24) is 4.90 Å². The topological polar surface area (TPSA) is 59.0 Å². The lowest BCUT2D eigenvalue weighted by Gasteiger charge is -2.37. The summed E-state index contributed by atoms with van der Waals surface area (Å²) in [5.41, 5.74) is 1.86. The van der Waals surface area contributed by atoms with Crippen molar-refractivity contribution >= 4 is 15.9 Å². The Balaban J connectivity index is 1.48. The zero-order chi connectivity index (χ0) is 24.5.